The van der Waals surface area contributed by atoms with Crippen LogP contribution in [0.15, 0.2) is 0 Å². The second-order valence-electron chi connectivity index (χ2n) is 3.84. The van der Waals surface area contributed by atoms with Crippen molar-refractivity contribution in [1.29, 1.82) is 0 Å². The largest absolute Gasteiger partial charge is 0.480 e. The number of nitrogens with two attached hydrogens (primary N) is 1. The molecule has 5 heteroatoms. The normalized spacial score (nSPS) is 21.0. The predicted molar refractivity (Wildman–Crippen MR) is 53.4 cm³/mol. The third kappa shape index (κ3) is 4.90. The van der Waals surface area contributed by atoms with Crippen LogP contribution in [0.4, 0.5) is 0 Å². The summed E-state index contributed by atoms with van der Waals surface area (Å²) < 4.78 is 5.04. The quantitative estimate of drug-likeness (QED) is 0.345. The van der Waals surface area contributed by atoms with Crippen LogP contribution in [0.5, 0.6) is 0 Å². The second-order valence-corrected chi connectivity index (χ2v) is 3.84. The van der Waals surface area contributed by atoms with Crippen LogP contribution in [-0.4, -0.2) is 35.6 Å². The Balaban J connectivity index is 1.97. The van der Waals surface area contributed by atoms with Gasteiger partial charge in [0.25, 0.3) is 0 Å². The third-order valence-corrected chi connectivity index (χ3v) is 2.46. The lowest BCUT2D eigenvalue weighted by Gasteiger charge is -2.04. The first-order valence-electron chi connectivity index (χ1n) is 5.24. The number of carboxylic acid groups (broad SMARTS) is 1. The summed E-state index contributed by atoms with van der Waals surface area (Å²) in [4.78, 5) is 21.5. The van der Waals surface area contributed by atoms with E-state index < -0.39 is 12.0 Å². The van der Waals surface area contributed by atoms with Gasteiger partial charge in [-0.25, -0.2) is 0 Å². The molecular formula is C10H17NO4. The SMILES string of the molecule is NC(C(=O)O)C(=O)CCCCCC1CO1. The smallest absolute Gasteiger partial charge is 0.328 e. The van der Waals surface area contributed by atoms with Gasteiger partial charge in [-0.1, -0.05) is 12.8 Å². The fourth-order valence-corrected chi connectivity index (χ4v) is 1.38. The average Bonchev–Trinajstić information content (AvgIpc) is 2.99. The summed E-state index contributed by atoms with van der Waals surface area (Å²) in [7, 11) is 0. The van der Waals surface area contributed by atoms with E-state index in [1.807, 2.05) is 0 Å². The molecule has 1 fully saturated rings. The van der Waals surface area contributed by atoms with Crippen LogP contribution < -0.4 is 5.73 Å². The molecule has 0 bridgehead atoms. The molecule has 0 aliphatic carbocycles. The number of hydrogen-bond donors (Lipinski definition) is 2. The first kappa shape index (κ1) is 12.1. The molecule has 0 spiro atoms. The van der Waals surface area contributed by atoms with Crippen LogP contribution in [0.2, 0.25) is 0 Å². The number of aliphatic carboxylic acids is 1. The van der Waals surface area contributed by atoms with Gasteiger partial charge in [-0.05, 0) is 12.8 Å². The maximum absolute atomic E-state index is 11.2. The van der Waals surface area contributed by atoms with Gasteiger partial charge in [0.15, 0.2) is 11.8 Å². The fourth-order valence-electron chi connectivity index (χ4n) is 1.38. The van der Waals surface area contributed by atoms with Crippen molar-refractivity contribution in [1.82, 2.24) is 0 Å². The molecule has 0 amide bonds. The third-order valence-electron chi connectivity index (χ3n) is 2.46. The predicted octanol–water partition coefficient (Wildman–Crippen LogP) is 0.317. The number of epoxide rings is 1. The van der Waals surface area contributed by atoms with Crippen molar-refractivity contribution in [2.75, 3.05) is 6.61 Å². The van der Waals surface area contributed by atoms with E-state index in [1.54, 1.807) is 0 Å². The van der Waals surface area contributed by atoms with Crippen LogP contribution in [0.3, 0.4) is 0 Å². The minimum absolute atomic E-state index is 0.263. The first-order chi connectivity index (χ1) is 7.11. The first-order valence-corrected chi connectivity index (χ1v) is 5.24. The Morgan fingerprint density at radius 2 is 2.07 bits per heavy atom. The number of ether oxygens (including phenoxy) is 1. The Kier molecular flexibility index (Phi) is 4.71. The van der Waals surface area contributed by atoms with Crippen molar-refractivity contribution < 1.29 is 19.4 Å². The van der Waals surface area contributed by atoms with E-state index in [-0.39, 0.29) is 12.2 Å². The number of Topliss-reactive ketones (excluding diaryl/α,β-unsaturated/α-hetero) is 1. The van der Waals surface area contributed by atoms with Crippen LogP contribution in [0.25, 0.3) is 0 Å². The van der Waals surface area contributed by atoms with Crippen LogP contribution in [-0.2, 0) is 14.3 Å². The van der Waals surface area contributed by atoms with Crippen molar-refractivity contribution in [3.8, 4) is 0 Å². The number of carbonyl (C=O) groups is 2. The molecule has 1 aliphatic heterocycles. The highest BCUT2D eigenvalue weighted by atomic mass is 16.6. The van der Waals surface area contributed by atoms with Gasteiger partial charge in [-0.3, -0.25) is 9.59 Å². The zero-order valence-corrected chi connectivity index (χ0v) is 8.65. The highest BCUT2D eigenvalue weighted by Gasteiger charge is 2.22. The van der Waals surface area contributed by atoms with Gasteiger partial charge in [0.05, 0.1) is 12.7 Å². The number of carboxylic acids is 1. The molecular weight excluding hydrogens is 198 g/mol. The standard InChI is InChI=1S/C10H17NO4/c11-9(10(13)14)8(12)5-3-1-2-4-7-6-15-7/h7,9H,1-6,11H2,(H,13,14). The number of carbonyl (C=O) groups excluding carboxylic acids is 1. The van der Waals surface area contributed by atoms with E-state index in [1.165, 1.54) is 0 Å². The molecule has 0 aromatic carbocycles. The highest BCUT2D eigenvalue weighted by molar-refractivity contribution is 6.01. The lowest BCUT2D eigenvalue weighted by molar-refractivity contribution is -0.142. The van der Waals surface area contributed by atoms with Gasteiger partial charge >= 0.3 is 5.97 Å². The van der Waals surface area contributed by atoms with Gasteiger partial charge in [-0.2, -0.15) is 0 Å². The van der Waals surface area contributed by atoms with E-state index in [4.69, 9.17) is 15.6 Å². The number of unbranched alkanes of at least 4 members (excludes halogenated alkanes) is 2. The van der Waals surface area contributed by atoms with Gasteiger partial charge in [0.2, 0.25) is 0 Å². The maximum Gasteiger partial charge on any atom is 0.328 e. The molecule has 2 unspecified atom stereocenters. The summed E-state index contributed by atoms with van der Waals surface area (Å²) in [6.07, 6.45) is 4.41. The van der Waals surface area contributed by atoms with E-state index in [0.29, 0.717) is 12.5 Å². The maximum atomic E-state index is 11.2. The molecule has 0 aromatic rings. The van der Waals surface area contributed by atoms with Gasteiger partial charge in [0, 0.05) is 6.42 Å². The molecule has 2 atom stereocenters. The molecule has 0 saturated carbocycles. The lowest BCUT2D eigenvalue weighted by atomic mass is 10.1. The lowest BCUT2D eigenvalue weighted by Crippen LogP contribution is -2.38. The molecule has 15 heavy (non-hydrogen) atoms. The summed E-state index contributed by atoms with van der Waals surface area (Å²) in [5.41, 5.74) is 5.16. The summed E-state index contributed by atoms with van der Waals surface area (Å²) >= 11 is 0. The summed E-state index contributed by atoms with van der Waals surface area (Å²) in [6, 6.07) is -1.35. The van der Waals surface area contributed by atoms with Crippen molar-refractivity contribution >= 4 is 11.8 Å². The minimum atomic E-state index is -1.35. The van der Waals surface area contributed by atoms with Gasteiger partial charge in [-0.15, -0.1) is 0 Å². The molecule has 1 heterocycles. The molecule has 86 valence electrons. The van der Waals surface area contributed by atoms with E-state index in [0.717, 1.165) is 25.9 Å². The summed E-state index contributed by atoms with van der Waals surface area (Å²) in [5.74, 6) is -1.63. The molecule has 3 N–H and O–H groups in total. The minimum Gasteiger partial charge on any atom is -0.480 e. The molecule has 1 saturated heterocycles. The van der Waals surface area contributed by atoms with Gasteiger partial charge in [0.1, 0.15) is 0 Å². The highest BCUT2D eigenvalue weighted by Crippen LogP contribution is 2.17. The van der Waals surface area contributed by atoms with Crippen molar-refractivity contribution in [2.45, 2.75) is 44.2 Å². The monoisotopic (exact) mass is 215 g/mol. The van der Waals surface area contributed by atoms with Crippen LogP contribution in [0.1, 0.15) is 32.1 Å². The molecule has 1 aliphatic rings. The Morgan fingerprint density at radius 1 is 1.40 bits per heavy atom. The van der Waals surface area contributed by atoms with Crippen molar-refractivity contribution in [2.24, 2.45) is 5.73 Å². The summed E-state index contributed by atoms with van der Waals surface area (Å²) in [5, 5.41) is 8.47. The second kappa shape index (κ2) is 5.82. The number of ketones is 1. The molecule has 5 nitrogen and oxygen atoms in total. The van der Waals surface area contributed by atoms with Gasteiger partial charge < -0.3 is 15.6 Å². The zero-order valence-electron chi connectivity index (χ0n) is 8.65. The fraction of sp³-hybridized carbons (Fsp3) is 0.800. The topological polar surface area (TPSA) is 92.9 Å². The van der Waals surface area contributed by atoms with Crippen molar-refractivity contribution in [3.05, 3.63) is 0 Å². The Labute approximate surface area is 88.6 Å². The number of rotatable bonds is 8. The van der Waals surface area contributed by atoms with Crippen LogP contribution in [0, 0.1) is 0 Å². The summed E-state index contributed by atoms with van der Waals surface area (Å²) in [6.45, 7) is 0.864. The van der Waals surface area contributed by atoms with E-state index in [2.05, 4.69) is 0 Å². The Hall–Kier alpha value is -0.940. The molecule has 0 aromatic heterocycles. The van der Waals surface area contributed by atoms with Crippen molar-refractivity contribution in [3.63, 3.8) is 0 Å². The van der Waals surface area contributed by atoms with E-state index in [9.17, 15) is 9.59 Å². The molecule has 0 radical (unpaired) electrons. The van der Waals surface area contributed by atoms with E-state index >= 15 is 0 Å². The Morgan fingerprint density at radius 3 is 2.60 bits per heavy atom. The molecule has 1 rings (SSSR count). The zero-order chi connectivity index (χ0) is 11.3. The van der Waals surface area contributed by atoms with Crippen LogP contribution >= 0.6 is 0 Å². The Bertz CT molecular complexity index is 238. The average molecular weight is 215 g/mol. The number of hydrogen-bond acceptors (Lipinski definition) is 4.